The van der Waals surface area contributed by atoms with Gasteiger partial charge in [0.2, 0.25) is 0 Å². The van der Waals surface area contributed by atoms with Crippen molar-refractivity contribution in [2.75, 3.05) is 46.4 Å². The Morgan fingerprint density at radius 3 is 2.52 bits per heavy atom. The van der Waals surface area contributed by atoms with Gasteiger partial charge in [-0.25, -0.2) is 4.79 Å². The molecule has 31 heavy (non-hydrogen) atoms. The van der Waals surface area contributed by atoms with Crippen LogP contribution in [0, 0.1) is 0 Å². The molecule has 3 atom stereocenters. The van der Waals surface area contributed by atoms with Crippen LogP contribution in [0.5, 0.6) is 0 Å². The highest BCUT2D eigenvalue weighted by Gasteiger charge is 2.40. The van der Waals surface area contributed by atoms with E-state index in [0.717, 1.165) is 39.2 Å². The molecule has 3 saturated heterocycles. The van der Waals surface area contributed by atoms with Gasteiger partial charge in [-0.15, -0.1) is 0 Å². The number of carbonyl (C=O) groups is 1. The quantitative estimate of drug-likeness (QED) is 0.750. The largest absolute Gasteiger partial charge is 0.378 e. The van der Waals surface area contributed by atoms with Gasteiger partial charge in [0.15, 0.2) is 0 Å². The van der Waals surface area contributed by atoms with E-state index in [1.807, 2.05) is 0 Å². The Labute approximate surface area is 186 Å². The number of likely N-dealkylation sites (tertiary alicyclic amines) is 1. The molecule has 2 amide bonds. The molecule has 6 heteroatoms. The minimum Gasteiger partial charge on any atom is -0.378 e. The summed E-state index contributed by atoms with van der Waals surface area (Å²) in [6.07, 6.45) is 3.38. The number of hydrogen-bond acceptors (Lipinski definition) is 4. The molecular formula is C25H38N4O2. The van der Waals surface area contributed by atoms with Crippen LogP contribution in [0.1, 0.15) is 61.9 Å². The van der Waals surface area contributed by atoms with Crippen LogP contribution in [0.25, 0.3) is 0 Å². The normalized spacial score (nSPS) is 29.2. The Balaban J connectivity index is 1.41. The highest BCUT2D eigenvalue weighted by atomic mass is 16.5. The number of carbonyl (C=O) groups excluding carboxylic acids is 1. The smallest absolute Gasteiger partial charge is 0.320 e. The summed E-state index contributed by atoms with van der Waals surface area (Å²) >= 11 is 0. The predicted octanol–water partition coefficient (Wildman–Crippen LogP) is 2.90. The first kappa shape index (κ1) is 21.2. The van der Waals surface area contributed by atoms with Crippen molar-refractivity contribution in [1.82, 2.24) is 20.0 Å². The number of fused-ring (bicyclic) bond motifs is 3. The van der Waals surface area contributed by atoms with Crippen LogP contribution >= 0.6 is 0 Å². The Morgan fingerprint density at radius 2 is 1.87 bits per heavy atom. The number of hydrogen-bond donors (Lipinski definition) is 1. The fraction of sp³-hybridized carbons (Fsp3) is 0.720. The zero-order chi connectivity index (χ0) is 21.8. The maximum atomic E-state index is 13.5. The Bertz CT molecular complexity index is 829. The molecule has 4 aliphatic rings. The zero-order valence-electron chi connectivity index (χ0n) is 19.6. The van der Waals surface area contributed by atoms with Crippen molar-refractivity contribution < 1.29 is 9.53 Å². The van der Waals surface area contributed by atoms with Crippen molar-refractivity contribution >= 4 is 6.03 Å². The van der Waals surface area contributed by atoms with Gasteiger partial charge in [-0.2, -0.15) is 0 Å². The molecule has 0 aliphatic carbocycles. The minimum atomic E-state index is 0.103. The number of morpholine rings is 1. The molecule has 0 saturated carbocycles. The summed E-state index contributed by atoms with van der Waals surface area (Å²) in [5.74, 6) is 0. The first-order chi connectivity index (χ1) is 14.8. The molecule has 0 aromatic heterocycles. The molecule has 4 aliphatic heterocycles. The van der Waals surface area contributed by atoms with Crippen LogP contribution in [0.2, 0.25) is 0 Å². The average Bonchev–Trinajstić information content (AvgIpc) is 2.97. The van der Waals surface area contributed by atoms with Crippen LogP contribution in [0.3, 0.4) is 0 Å². The third-order valence-corrected chi connectivity index (χ3v) is 7.93. The van der Waals surface area contributed by atoms with Gasteiger partial charge in [-0.3, -0.25) is 4.90 Å². The number of amides is 2. The molecule has 5 rings (SSSR count). The van der Waals surface area contributed by atoms with Crippen molar-refractivity contribution in [2.24, 2.45) is 0 Å². The Morgan fingerprint density at radius 1 is 1.13 bits per heavy atom. The van der Waals surface area contributed by atoms with Gasteiger partial charge in [-0.1, -0.05) is 32.9 Å². The van der Waals surface area contributed by atoms with Crippen molar-refractivity contribution in [1.29, 1.82) is 0 Å². The van der Waals surface area contributed by atoms with Crippen molar-refractivity contribution in [3.8, 4) is 0 Å². The molecule has 1 N–H and O–H groups in total. The van der Waals surface area contributed by atoms with E-state index in [2.05, 4.69) is 60.0 Å². The standard InChI is InChI=1S/C25H38N4O2/c1-25(2,3)18-11-17-7-9-28(15-22(17)21(12-18)23-16-31-10-8-26-23)24(30)29-13-19-5-6-20(14-29)27(19)4/h11-12,19-20,23,26H,5-10,13-16H2,1-4H3/t19?,20?,23-/m0/s1. The summed E-state index contributed by atoms with van der Waals surface area (Å²) in [7, 11) is 2.22. The lowest BCUT2D eigenvalue weighted by molar-refractivity contribution is 0.0749. The second-order valence-corrected chi connectivity index (χ2v) is 10.9. The molecule has 0 radical (unpaired) electrons. The summed E-state index contributed by atoms with van der Waals surface area (Å²) in [6, 6.07) is 6.27. The van der Waals surface area contributed by atoms with Gasteiger partial charge in [0.25, 0.3) is 0 Å². The van der Waals surface area contributed by atoms with Crippen LogP contribution in [0.4, 0.5) is 4.79 Å². The summed E-state index contributed by atoms with van der Waals surface area (Å²) < 4.78 is 5.81. The lowest BCUT2D eigenvalue weighted by atomic mass is 9.80. The molecule has 170 valence electrons. The minimum absolute atomic E-state index is 0.103. The highest BCUT2D eigenvalue weighted by Crippen LogP contribution is 2.35. The molecule has 2 bridgehead atoms. The van der Waals surface area contributed by atoms with E-state index in [9.17, 15) is 4.79 Å². The average molecular weight is 427 g/mol. The molecule has 6 nitrogen and oxygen atoms in total. The SMILES string of the molecule is CN1C2CCC1CN(C(=O)N1CCc3cc(C(C)(C)C)cc([C@@H]4COCCN4)c3C1)C2. The van der Waals surface area contributed by atoms with Gasteiger partial charge < -0.3 is 19.9 Å². The molecule has 1 aromatic carbocycles. The predicted molar refractivity (Wildman–Crippen MR) is 122 cm³/mol. The second kappa shape index (κ2) is 8.05. The topological polar surface area (TPSA) is 48.0 Å². The van der Waals surface area contributed by atoms with Gasteiger partial charge in [0.1, 0.15) is 0 Å². The number of piperazine rings is 1. The second-order valence-electron chi connectivity index (χ2n) is 10.9. The number of urea groups is 1. The number of ether oxygens (including phenoxy) is 1. The van der Waals surface area contributed by atoms with Crippen molar-refractivity contribution in [3.05, 3.63) is 34.4 Å². The third-order valence-electron chi connectivity index (χ3n) is 7.93. The van der Waals surface area contributed by atoms with Gasteiger partial charge in [0, 0.05) is 44.8 Å². The number of rotatable bonds is 1. The van der Waals surface area contributed by atoms with Crippen LogP contribution in [0.15, 0.2) is 12.1 Å². The van der Waals surface area contributed by atoms with Gasteiger partial charge in [-0.05, 0) is 54.0 Å². The lowest BCUT2D eigenvalue weighted by Gasteiger charge is -2.42. The van der Waals surface area contributed by atoms with Crippen molar-refractivity contribution in [3.63, 3.8) is 0 Å². The Kier molecular flexibility index (Phi) is 5.51. The molecule has 0 spiro atoms. The number of nitrogens with zero attached hydrogens (tertiary/aromatic N) is 3. The first-order valence-electron chi connectivity index (χ1n) is 12.0. The van der Waals surface area contributed by atoms with E-state index >= 15 is 0 Å². The van der Waals surface area contributed by atoms with E-state index in [-0.39, 0.29) is 17.5 Å². The molecule has 3 fully saturated rings. The molecular weight excluding hydrogens is 388 g/mol. The van der Waals surface area contributed by atoms with E-state index in [1.54, 1.807) is 0 Å². The Hall–Kier alpha value is -1.63. The van der Waals surface area contributed by atoms with Crippen molar-refractivity contribution in [2.45, 2.75) is 70.1 Å². The zero-order valence-corrected chi connectivity index (χ0v) is 19.6. The first-order valence-corrected chi connectivity index (χ1v) is 12.0. The summed E-state index contributed by atoms with van der Waals surface area (Å²) in [4.78, 5) is 20.2. The summed E-state index contributed by atoms with van der Waals surface area (Å²) in [5, 5.41) is 3.65. The van der Waals surface area contributed by atoms with E-state index in [0.29, 0.717) is 25.2 Å². The van der Waals surface area contributed by atoms with Crippen LogP contribution in [-0.4, -0.2) is 79.3 Å². The van der Waals surface area contributed by atoms with E-state index < -0.39 is 0 Å². The summed E-state index contributed by atoms with van der Waals surface area (Å²) in [6.45, 7) is 12.5. The van der Waals surface area contributed by atoms with E-state index in [4.69, 9.17) is 4.74 Å². The lowest BCUT2D eigenvalue weighted by Crippen LogP contribution is -2.57. The summed E-state index contributed by atoms with van der Waals surface area (Å²) in [5.41, 5.74) is 5.57. The maximum Gasteiger partial charge on any atom is 0.320 e. The van der Waals surface area contributed by atoms with Gasteiger partial charge >= 0.3 is 6.03 Å². The molecule has 4 heterocycles. The maximum absolute atomic E-state index is 13.5. The fourth-order valence-corrected chi connectivity index (χ4v) is 5.84. The molecule has 2 unspecified atom stereocenters. The monoisotopic (exact) mass is 426 g/mol. The highest BCUT2D eigenvalue weighted by molar-refractivity contribution is 5.75. The fourth-order valence-electron chi connectivity index (χ4n) is 5.84. The number of likely N-dealkylation sites (N-methyl/N-ethyl adjacent to an activating group) is 1. The van der Waals surface area contributed by atoms with Gasteiger partial charge in [0.05, 0.1) is 19.3 Å². The molecule has 1 aromatic rings. The van der Waals surface area contributed by atoms with Crippen LogP contribution < -0.4 is 5.32 Å². The van der Waals surface area contributed by atoms with E-state index in [1.165, 1.54) is 35.1 Å². The third kappa shape index (κ3) is 3.98. The van der Waals surface area contributed by atoms with Crippen LogP contribution in [-0.2, 0) is 23.1 Å². The number of benzene rings is 1. The number of nitrogens with one attached hydrogen (secondary N) is 1.